The zero-order chi connectivity index (χ0) is 14.0. The molecular formula is C15H13ClF2O. The summed E-state index contributed by atoms with van der Waals surface area (Å²) in [7, 11) is 0. The van der Waals surface area contributed by atoms with Gasteiger partial charge < -0.3 is 5.11 Å². The van der Waals surface area contributed by atoms with E-state index in [0.717, 1.165) is 11.6 Å². The van der Waals surface area contributed by atoms with Gasteiger partial charge in [-0.1, -0.05) is 29.8 Å². The summed E-state index contributed by atoms with van der Waals surface area (Å²) in [5.41, 5.74) is 1.63. The van der Waals surface area contributed by atoms with Gasteiger partial charge in [0, 0.05) is 11.4 Å². The zero-order valence-corrected chi connectivity index (χ0v) is 11.1. The van der Waals surface area contributed by atoms with E-state index in [2.05, 4.69) is 0 Å². The maximum atomic E-state index is 13.5. The zero-order valence-electron chi connectivity index (χ0n) is 10.3. The van der Waals surface area contributed by atoms with Gasteiger partial charge in [-0.2, -0.15) is 0 Å². The van der Waals surface area contributed by atoms with Gasteiger partial charge in [-0.25, -0.2) is 8.78 Å². The molecule has 4 heteroatoms. The highest BCUT2D eigenvalue weighted by Crippen LogP contribution is 2.25. The molecule has 0 aliphatic heterocycles. The fraction of sp³-hybridized carbons (Fsp3) is 0.200. The summed E-state index contributed by atoms with van der Waals surface area (Å²) in [6, 6.07) is 9.03. The second-order valence-electron chi connectivity index (χ2n) is 4.43. The van der Waals surface area contributed by atoms with E-state index >= 15 is 0 Å². The Hall–Kier alpha value is -1.45. The van der Waals surface area contributed by atoms with Gasteiger partial charge in [0.25, 0.3) is 0 Å². The third-order valence-electron chi connectivity index (χ3n) is 3.04. The predicted molar refractivity (Wildman–Crippen MR) is 71.2 cm³/mol. The number of rotatable bonds is 3. The fourth-order valence-corrected chi connectivity index (χ4v) is 2.26. The Bertz CT molecular complexity index is 599. The van der Waals surface area contributed by atoms with Crippen LogP contribution >= 0.6 is 11.6 Å². The van der Waals surface area contributed by atoms with Crippen molar-refractivity contribution in [2.24, 2.45) is 0 Å². The van der Waals surface area contributed by atoms with Crippen LogP contribution in [0.15, 0.2) is 36.4 Å². The van der Waals surface area contributed by atoms with Crippen LogP contribution in [0.4, 0.5) is 8.78 Å². The van der Waals surface area contributed by atoms with Crippen LogP contribution in [0.5, 0.6) is 0 Å². The van der Waals surface area contributed by atoms with Crippen molar-refractivity contribution >= 4 is 11.6 Å². The summed E-state index contributed by atoms with van der Waals surface area (Å²) in [6.07, 6.45) is -0.875. The maximum Gasteiger partial charge on any atom is 0.162 e. The molecule has 0 spiro atoms. The van der Waals surface area contributed by atoms with Crippen LogP contribution in [-0.2, 0) is 6.42 Å². The van der Waals surface area contributed by atoms with E-state index in [4.69, 9.17) is 11.6 Å². The molecule has 0 saturated heterocycles. The molecule has 0 radical (unpaired) electrons. The topological polar surface area (TPSA) is 20.2 Å². The van der Waals surface area contributed by atoms with Crippen LogP contribution in [0, 0.1) is 18.6 Å². The highest BCUT2D eigenvalue weighted by Gasteiger charge is 2.15. The highest BCUT2D eigenvalue weighted by atomic mass is 35.5. The Kier molecular flexibility index (Phi) is 4.17. The quantitative estimate of drug-likeness (QED) is 0.894. The summed E-state index contributed by atoms with van der Waals surface area (Å²) < 4.78 is 26.6. The van der Waals surface area contributed by atoms with Gasteiger partial charge in [-0.05, 0) is 41.8 Å². The Balaban J connectivity index is 2.25. The van der Waals surface area contributed by atoms with Gasteiger partial charge in [0.2, 0.25) is 0 Å². The van der Waals surface area contributed by atoms with Crippen molar-refractivity contribution in [2.75, 3.05) is 0 Å². The average Bonchev–Trinajstić information content (AvgIpc) is 2.34. The Morgan fingerprint density at radius 1 is 1.21 bits per heavy atom. The molecule has 0 saturated carbocycles. The molecule has 2 aromatic carbocycles. The molecule has 0 aliphatic carbocycles. The second kappa shape index (κ2) is 5.68. The molecule has 2 rings (SSSR count). The molecule has 1 unspecified atom stereocenters. The minimum Gasteiger partial charge on any atom is -0.388 e. The lowest BCUT2D eigenvalue weighted by Crippen LogP contribution is -2.06. The first-order chi connectivity index (χ1) is 8.99. The minimum absolute atomic E-state index is 0.0199. The van der Waals surface area contributed by atoms with Gasteiger partial charge in [0.05, 0.1) is 6.10 Å². The highest BCUT2D eigenvalue weighted by molar-refractivity contribution is 6.30. The molecule has 2 aromatic rings. The Morgan fingerprint density at radius 2 is 1.95 bits per heavy atom. The van der Waals surface area contributed by atoms with Crippen molar-refractivity contribution < 1.29 is 13.9 Å². The average molecular weight is 283 g/mol. The molecule has 0 fully saturated rings. The smallest absolute Gasteiger partial charge is 0.162 e. The number of halogens is 3. The lowest BCUT2D eigenvalue weighted by molar-refractivity contribution is 0.176. The number of hydrogen-bond donors (Lipinski definition) is 1. The summed E-state index contributed by atoms with van der Waals surface area (Å²) in [6.45, 7) is 1.81. The van der Waals surface area contributed by atoms with E-state index in [1.807, 2.05) is 6.92 Å². The largest absolute Gasteiger partial charge is 0.388 e. The third kappa shape index (κ3) is 3.11. The van der Waals surface area contributed by atoms with E-state index in [0.29, 0.717) is 10.6 Å². The van der Waals surface area contributed by atoms with Gasteiger partial charge >= 0.3 is 0 Å². The minimum atomic E-state index is -0.909. The van der Waals surface area contributed by atoms with Crippen LogP contribution in [0.2, 0.25) is 5.02 Å². The standard InChI is InChI=1S/C15H13ClF2O/c1-9-7-11(16)5-6-12(9)14(19)8-10-3-2-4-13(17)15(10)18/h2-7,14,19H,8H2,1H3. The van der Waals surface area contributed by atoms with Gasteiger partial charge in [-0.15, -0.1) is 0 Å². The third-order valence-corrected chi connectivity index (χ3v) is 3.27. The number of aliphatic hydroxyl groups excluding tert-OH is 1. The lowest BCUT2D eigenvalue weighted by Gasteiger charge is -2.14. The maximum absolute atomic E-state index is 13.5. The predicted octanol–water partition coefficient (Wildman–Crippen LogP) is 4.20. The van der Waals surface area contributed by atoms with Crippen LogP contribution in [0.1, 0.15) is 22.8 Å². The van der Waals surface area contributed by atoms with Crippen LogP contribution < -0.4 is 0 Å². The fourth-order valence-electron chi connectivity index (χ4n) is 2.04. The van der Waals surface area contributed by atoms with Gasteiger partial charge in [0.15, 0.2) is 11.6 Å². The normalized spacial score (nSPS) is 12.5. The monoisotopic (exact) mass is 282 g/mol. The van der Waals surface area contributed by atoms with Crippen molar-refractivity contribution in [3.63, 3.8) is 0 Å². The summed E-state index contributed by atoms with van der Waals surface area (Å²) in [4.78, 5) is 0. The van der Waals surface area contributed by atoms with Gasteiger partial charge in [-0.3, -0.25) is 0 Å². The summed E-state index contributed by atoms with van der Waals surface area (Å²) in [5.74, 6) is -1.81. The molecule has 19 heavy (non-hydrogen) atoms. The molecule has 0 bridgehead atoms. The summed E-state index contributed by atoms with van der Waals surface area (Å²) >= 11 is 5.84. The van der Waals surface area contributed by atoms with Crippen LogP contribution in [-0.4, -0.2) is 5.11 Å². The number of hydrogen-bond acceptors (Lipinski definition) is 1. The Labute approximate surface area is 115 Å². The molecule has 0 heterocycles. The molecule has 100 valence electrons. The van der Waals surface area contributed by atoms with Crippen molar-refractivity contribution in [2.45, 2.75) is 19.4 Å². The van der Waals surface area contributed by atoms with E-state index in [9.17, 15) is 13.9 Å². The van der Waals surface area contributed by atoms with Crippen molar-refractivity contribution in [1.29, 1.82) is 0 Å². The van der Waals surface area contributed by atoms with Gasteiger partial charge in [0.1, 0.15) is 0 Å². The van der Waals surface area contributed by atoms with E-state index in [1.165, 1.54) is 12.1 Å². The number of aryl methyl sites for hydroxylation is 1. The molecule has 0 aliphatic rings. The molecule has 0 amide bonds. The molecule has 1 nitrogen and oxygen atoms in total. The van der Waals surface area contributed by atoms with E-state index in [-0.39, 0.29) is 12.0 Å². The SMILES string of the molecule is Cc1cc(Cl)ccc1C(O)Cc1cccc(F)c1F. The van der Waals surface area contributed by atoms with Crippen LogP contribution in [0.3, 0.4) is 0 Å². The number of benzene rings is 2. The molecule has 1 atom stereocenters. The van der Waals surface area contributed by atoms with E-state index < -0.39 is 17.7 Å². The van der Waals surface area contributed by atoms with E-state index in [1.54, 1.807) is 18.2 Å². The first-order valence-electron chi connectivity index (χ1n) is 5.86. The van der Waals surface area contributed by atoms with Crippen molar-refractivity contribution in [3.8, 4) is 0 Å². The second-order valence-corrected chi connectivity index (χ2v) is 4.87. The molecule has 1 N–H and O–H groups in total. The number of aliphatic hydroxyl groups is 1. The van der Waals surface area contributed by atoms with Crippen LogP contribution in [0.25, 0.3) is 0 Å². The first kappa shape index (κ1) is 14.0. The molecule has 0 aromatic heterocycles. The lowest BCUT2D eigenvalue weighted by atomic mass is 9.97. The van der Waals surface area contributed by atoms with Crippen molar-refractivity contribution in [3.05, 3.63) is 69.7 Å². The molecular weight excluding hydrogens is 270 g/mol. The Morgan fingerprint density at radius 3 is 2.63 bits per heavy atom. The van der Waals surface area contributed by atoms with Crippen molar-refractivity contribution in [1.82, 2.24) is 0 Å². The first-order valence-corrected chi connectivity index (χ1v) is 6.24. The summed E-state index contributed by atoms with van der Waals surface area (Å²) in [5, 5.41) is 10.7.